The quantitative estimate of drug-likeness (QED) is 0.665. The third-order valence-electron chi connectivity index (χ3n) is 3.62. The Hall–Kier alpha value is -1.13. The monoisotopic (exact) mass is 251 g/mol. The van der Waals surface area contributed by atoms with E-state index in [1.165, 1.54) is 12.8 Å². The lowest BCUT2D eigenvalue weighted by molar-refractivity contribution is 0.103. The summed E-state index contributed by atoms with van der Waals surface area (Å²) in [4.78, 5) is 13.0. The van der Waals surface area contributed by atoms with E-state index in [4.69, 9.17) is 9.15 Å². The molecule has 1 aromatic heterocycles. The van der Waals surface area contributed by atoms with Crippen LogP contribution in [0, 0.1) is 5.92 Å². The number of methoxy groups -OCH3 is 1. The lowest BCUT2D eigenvalue weighted by atomic mass is 10.2. The van der Waals surface area contributed by atoms with Crippen molar-refractivity contribution in [1.82, 2.24) is 4.90 Å². The molecular formula is C14H21NO3. The zero-order valence-electron chi connectivity index (χ0n) is 11.1. The van der Waals surface area contributed by atoms with Gasteiger partial charge in [0.25, 0.3) is 0 Å². The molecule has 1 unspecified atom stereocenters. The van der Waals surface area contributed by atoms with Crippen molar-refractivity contribution >= 4 is 6.29 Å². The second-order valence-corrected chi connectivity index (χ2v) is 4.96. The number of aldehydes is 1. The number of rotatable bonds is 8. The van der Waals surface area contributed by atoms with Gasteiger partial charge in [-0.1, -0.05) is 0 Å². The number of hydrogen-bond acceptors (Lipinski definition) is 4. The van der Waals surface area contributed by atoms with Gasteiger partial charge in [0.2, 0.25) is 0 Å². The topological polar surface area (TPSA) is 42.7 Å². The number of hydrogen-bond donors (Lipinski definition) is 0. The average Bonchev–Trinajstić information content (AvgIpc) is 3.14. The van der Waals surface area contributed by atoms with Gasteiger partial charge >= 0.3 is 0 Å². The Labute approximate surface area is 108 Å². The molecule has 1 aromatic rings. The highest BCUT2D eigenvalue weighted by Crippen LogP contribution is 2.35. The molecule has 18 heavy (non-hydrogen) atoms. The van der Waals surface area contributed by atoms with Crippen molar-refractivity contribution in [3.8, 4) is 0 Å². The third-order valence-corrected chi connectivity index (χ3v) is 3.62. The Morgan fingerprint density at radius 2 is 2.33 bits per heavy atom. The Kier molecular flexibility index (Phi) is 4.55. The van der Waals surface area contributed by atoms with Crippen LogP contribution in [0.15, 0.2) is 16.5 Å². The second-order valence-electron chi connectivity index (χ2n) is 4.96. The van der Waals surface area contributed by atoms with Gasteiger partial charge in [-0.2, -0.15) is 0 Å². The predicted molar refractivity (Wildman–Crippen MR) is 68.6 cm³/mol. The smallest absolute Gasteiger partial charge is 0.185 e. The van der Waals surface area contributed by atoms with Crippen molar-refractivity contribution in [3.63, 3.8) is 0 Å². The lowest BCUT2D eigenvalue weighted by Gasteiger charge is -2.28. The van der Waals surface area contributed by atoms with Gasteiger partial charge in [-0.3, -0.25) is 9.69 Å². The summed E-state index contributed by atoms with van der Waals surface area (Å²) in [6.07, 6.45) is 3.39. The largest absolute Gasteiger partial charge is 0.457 e. The van der Waals surface area contributed by atoms with Crippen LogP contribution < -0.4 is 0 Å². The van der Waals surface area contributed by atoms with Gasteiger partial charge in [-0.25, -0.2) is 0 Å². The van der Waals surface area contributed by atoms with Gasteiger partial charge in [0.15, 0.2) is 12.0 Å². The second kappa shape index (κ2) is 6.16. The molecule has 1 aliphatic carbocycles. The van der Waals surface area contributed by atoms with Crippen LogP contribution in [0.1, 0.15) is 36.1 Å². The minimum atomic E-state index is 0.399. The van der Waals surface area contributed by atoms with Gasteiger partial charge in [0.1, 0.15) is 5.76 Å². The summed E-state index contributed by atoms with van der Waals surface area (Å²) in [6.45, 7) is 4.62. The molecule has 0 saturated heterocycles. The van der Waals surface area contributed by atoms with Crippen molar-refractivity contribution < 1.29 is 13.9 Å². The zero-order chi connectivity index (χ0) is 13.0. The van der Waals surface area contributed by atoms with Crippen LogP contribution in [0.2, 0.25) is 0 Å². The Morgan fingerprint density at radius 1 is 1.56 bits per heavy atom. The molecule has 0 bridgehead atoms. The molecule has 1 aliphatic rings. The SMILES string of the molecule is COCCN(Cc1ccc(C=O)o1)C(C)C1CC1. The summed E-state index contributed by atoms with van der Waals surface area (Å²) in [5.41, 5.74) is 0. The van der Waals surface area contributed by atoms with Crippen molar-refractivity contribution in [2.24, 2.45) is 5.92 Å². The molecule has 0 spiro atoms. The number of carbonyl (C=O) groups excluding carboxylic acids is 1. The highest BCUT2D eigenvalue weighted by molar-refractivity contribution is 5.70. The molecule has 0 radical (unpaired) electrons. The molecule has 1 atom stereocenters. The first-order valence-corrected chi connectivity index (χ1v) is 6.51. The van der Waals surface area contributed by atoms with Gasteiger partial charge in [0, 0.05) is 19.7 Å². The Morgan fingerprint density at radius 3 is 2.89 bits per heavy atom. The minimum absolute atomic E-state index is 0.399. The van der Waals surface area contributed by atoms with E-state index in [1.54, 1.807) is 13.2 Å². The molecule has 0 amide bonds. The van der Waals surface area contributed by atoms with Crippen LogP contribution in [0.4, 0.5) is 0 Å². The van der Waals surface area contributed by atoms with Crippen molar-refractivity contribution in [1.29, 1.82) is 0 Å². The molecule has 100 valence electrons. The van der Waals surface area contributed by atoms with E-state index in [2.05, 4.69) is 11.8 Å². The van der Waals surface area contributed by atoms with Crippen LogP contribution in [0.3, 0.4) is 0 Å². The van der Waals surface area contributed by atoms with Crippen LogP contribution in [0.25, 0.3) is 0 Å². The maximum Gasteiger partial charge on any atom is 0.185 e. The molecule has 1 heterocycles. The summed E-state index contributed by atoms with van der Waals surface area (Å²) < 4.78 is 10.6. The van der Waals surface area contributed by atoms with E-state index in [9.17, 15) is 4.79 Å². The molecule has 4 nitrogen and oxygen atoms in total. The first-order chi connectivity index (χ1) is 8.74. The normalized spacial score (nSPS) is 17.1. The minimum Gasteiger partial charge on any atom is -0.457 e. The molecule has 0 N–H and O–H groups in total. The molecule has 1 saturated carbocycles. The highest BCUT2D eigenvalue weighted by atomic mass is 16.5. The Bertz CT molecular complexity index is 384. The summed E-state index contributed by atoms with van der Waals surface area (Å²) in [6, 6.07) is 4.15. The molecule has 2 rings (SSSR count). The van der Waals surface area contributed by atoms with E-state index in [-0.39, 0.29) is 0 Å². The van der Waals surface area contributed by atoms with E-state index in [1.807, 2.05) is 6.07 Å². The van der Waals surface area contributed by atoms with Crippen LogP contribution in [-0.2, 0) is 11.3 Å². The van der Waals surface area contributed by atoms with Gasteiger partial charge in [0.05, 0.1) is 13.2 Å². The average molecular weight is 251 g/mol. The predicted octanol–water partition coefficient (Wildman–Crippen LogP) is 2.34. The maximum absolute atomic E-state index is 10.6. The van der Waals surface area contributed by atoms with Gasteiger partial charge < -0.3 is 9.15 Å². The molecule has 0 aromatic carbocycles. The van der Waals surface area contributed by atoms with E-state index in [0.29, 0.717) is 11.8 Å². The fourth-order valence-corrected chi connectivity index (χ4v) is 2.25. The summed E-state index contributed by atoms with van der Waals surface area (Å²) in [7, 11) is 1.72. The van der Waals surface area contributed by atoms with Crippen molar-refractivity contribution in [3.05, 3.63) is 23.7 Å². The number of carbonyl (C=O) groups is 1. The van der Waals surface area contributed by atoms with Crippen molar-refractivity contribution in [2.45, 2.75) is 32.4 Å². The van der Waals surface area contributed by atoms with Crippen molar-refractivity contribution in [2.75, 3.05) is 20.3 Å². The summed E-state index contributed by atoms with van der Waals surface area (Å²) in [5.74, 6) is 2.05. The highest BCUT2D eigenvalue weighted by Gasteiger charge is 2.32. The fraction of sp³-hybridized carbons (Fsp3) is 0.643. The van der Waals surface area contributed by atoms with Crippen LogP contribution >= 0.6 is 0 Å². The standard InChI is InChI=1S/C14H21NO3/c1-11(12-3-4-12)15(7-8-17-2)9-13-5-6-14(10-16)18-13/h5-6,10-12H,3-4,7-9H2,1-2H3. The summed E-state index contributed by atoms with van der Waals surface area (Å²) >= 11 is 0. The maximum atomic E-state index is 10.6. The van der Waals surface area contributed by atoms with Crippen LogP contribution in [-0.4, -0.2) is 37.5 Å². The molecule has 4 heteroatoms. The molecule has 1 fully saturated rings. The van der Waals surface area contributed by atoms with Gasteiger partial charge in [-0.05, 0) is 37.8 Å². The van der Waals surface area contributed by atoms with E-state index in [0.717, 1.165) is 37.7 Å². The summed E-state index contributed by atoms with van der Waals surface area (Å²) in [5, 5.41) is 0. The number of ether oxygens (including phenoxy) is 1. The van der Waals surface area contributed by atoms with E-state index < -0.39 is 0 Å². The first kappa shape index (κ1) is 13.3. The fourth-order valence-electron chi connectivity index (χ4n) is 2.25. The number of furan rings is 1. The third kappa shape index (κ3) is 3.43. The lowest BCUT2D eigenvalue weighted by Crippen LogP contribution is -2.36. The zero-order valence-corrected chi connectivity index (χ0v) is 11.1. The van der Waals surface area contributed by atoms with Gasteiger partial charge in [-0.15, -0.1) is 0 Å². The Balaban J connectivity index is 1.96. The molecular weight excluding hydrogens is 230 g/mol. The molecule has 0 aliphatic heterocycles. The van der Waals surface area contributed by atoms with Crippen LogP contribution in [0.5, 0.6) is 0 Å². The van der Waals surface area contributed by atoms with E-state index >= 15 is 0 Å². The number of nitrogens with zero attached hydrogens (tertiary/aromatic N) is 1. The first-order valence-electron chi connectivity index (χ1n) is 6.51.